The van der Waals surface area contributed by atoms with Crippen LogP contribution in [0.4, 0.5) is 30.7 Å². The van der Waals surface area contributed by atoms with Crippen molar-refractivity contribution in [1.29, 1.82) is 5.26 Å². The fourth-order valence-corrected chi connectivity index (χ4v) is 3.34. The summed E-state index contributed by atoms with van der Waals surface area (Å²) in [6, 6.07) is -1.46. The summed E-state index contributed by atoms with van der Waals surface area (Å²) in [7, 11) is 0. The summed E-state index contributed by atoms with van der Waals surface area (Å²) in [5.74, 6) is -7.78. The summed E-state index contributed by atoms with van der Waals surface area (Å²) in [6.45, 7) is 0. The molecule has 1 aromatic rings. The van der Waals surface area contributed by atoms with E-state index in [1.165, 1.54) is 0 Å². The second-order valence-electron chi connectivity index (χ2n) is 8.26. The smallest absolute Gasteiger partial charge is 0.336 e. The number of nitrogens with zero attached hydrogens (tertiary/aromatic N) is 1. The lowest BCUT2D eigenvalue weighted by Gasteiger charge is -2.30. The summed E-state index contributed by atoms with van der Waals surface area (Å²) in [5.41, 5.74) is -2.05. The third-order valence-corrected chi connectivity index (χ3v) is 5.40. The third-order valence-electron chi connectivity index (χ3n) is 5.40. The normalized spacial score (nSPS) is 19.9. The van der Waals surface area contributed by atoms with Crippen molar-refractivity contribution in [3.63, 3.8) is 0 Å². The van der Waals surface area contributed by atoms with Crippen molar-refractivity contribution < 1.29 is 35.5 Å². The number of halogens is 7. The minimum Gasteiger partial charge on any atom is -0.336 e. The number of rotatable bonds is 9. The van der Waals surface area contributed by atoms with E-state index in [1.807, 2.05) is 11.4 Å². The van der Waals surface area contributed by atoms with Crippen LogP contribution in [0.25, 0.3) is 0 Å². The first-order valence-electron chi connectivity index (χ1n) is 9.73. The first-order valence-corrected chi connectivity index (χ1v) is 9.73. The van der Waals surface area contributed by atoms with Crippen molar-refractivity contribution in [1.82, 2.24) is 10.6 Å². The highest BCUT2D eigenvalue weighted by Crippen LogP contribution is 2.42. The number of carbonyl (C=O) groups excluding carboxylic acids is 1. The minimum atomic E-state index is -5.10. The van der Waals surface area contributed by atoms with Crippen LogP contribution >= 0.6 is 0 Å². The Bertz CT molecular complexity index is 873. The van der Waals surface area contributed by atoms with E-state index < -0.39 is 65.7 Å². The number of nitriles is 1. The minimum absolute atomic E-state index is 0.253. The largest absolute Gasteiger partial charge is 0.407 e. The van der Waals surface area contributed by atoms with Gasteiger partial charge in [-0.25, -0.2) is 17.6 Å². The summed E-state index contributed by atoms with van der Waals surface area (Å²) in [4.78, 5) is 12.6. The van der Waals surface area contributed by atoms with Gasteiger partial charge in [-0.15, -0.1) is 0 Å². The van der Waals surface area contributed by atoms with E-state index in [-0.39, 0.29) is 18.8 Å². The Morgan fingerprint density at radius 1 is 1.16 bits per heavy atom. The summed E-state index contributed by atoms with van der Waals surface area (Å²) >= 11 is 0. The Hall–Kier alpha value is -2.35. The molecule has 0 radical (unpaired) electrons. The zero-order chi connectivity index (χ0) is 23.0. The van der Waals surface area contributed by atoms with Gasteiger partial charge >= 0.3 is 6.18 Å². The molecule has 3 rings (SSSR count). The van der Waals surface area contributed by atoms with Crippen molar-refractivity contribution in [2.75, 3.05) is 0 Å². The topological polar surface area (TPSA) is 64.9 Å². The van der Waals surface area contributed by atoms with Gasteiger partial charge < -0.3 is 5.32 Å². The molecule has 2 aliphatic rings. The van der Waals surface area contributed by atoms with E-state index in [0.29, 0.717) is 31.0 Å². The zero-order valence-electron chi connectivity index (χ0n) is 16.2. The first-order chi connectivity index (χ1) is 14.3. The number of nitrogens with one attached hydrogen (secondary N) is 2. The van der Waals surface area contributed by atoms with Crippen LogP contribution in [0.1, 0.15) is 50.1 Å². The van der Waals surface area contributed by atoms with E-state index in [2.05, 4.69) is 5.32 Å². The fraction of sp³-hybridized carbons (Fsp3) is 0.600. The summed E-state index contributed by atoms with van der Waals surface area (Å²) in [6.07, 6.45) is -5.22. The molecule has 0 bridgehead atoms. The zero-order valence-corrected chi connectivity index (χ0v) is 16.2. The molecule has 11 heteroatoms. The molecule has 1 aromatic carbocycles. The number of hydrogen-bond acceptors (Lipinski definition) is 3. The van der Waals surface area contributed by atoms with E-state index in [4.69, 9.17) is 5.26 Å². The number of hydrogen-bond donors (Lipinski definition) is 2. The Morgan fingerprint density at radius 2 is 1.81 bits per heavy atom. The van der Waals surface area contributed by atoms with Gasteiger partial charge in [-0.1, -0.05) is 6.07 Å². The van der Waals surface area contributed by atoms with Crippen LogP contribution in [-0.2, 0) is 4.79 Å². The molecule has 2 aliphatic carbocycles. The SMILES string of the molecule is N#CC1(NC(=O)C(CC(F)(F)CC2CC2)NC(c2ccc(F)c(F)c2)C(F)(F)F)CC1. The van der Waals surface area contributed by atoms with Crippen LogP contribution in [0.2, 0.25) is 0 Å². The lowest BCUT2D eigenvalue weighted by atomic mass is 9.99. The van der Waals surface area contributed by atoms with Crippen LogP contribution in [0.5, 0.6) is 0 Å². The van der Waals surface area contributed by atoms with Gasteiger partial charge in [-0.3, -0.25) is 10.1 Å². The number of alkyl halides is 5. The second-order valence-corrected chi connectivity index (χ2v) is 8.26. The van der Waals surface area contributed by atoms with Gasteiger partial charge in [0, 0.05) is 12.8 Å². The highest BCUT2D eigenvalue weighted by molar-refractivity contribution is 5.83. The first kappa shape index (κ1) is 23.3. The van der Waals surface area contributed by atoms with Gasteiger partial charge in [0.25, 0.3) is 0 Å². The predicted molar refractivity (Wildman–Crippen MR) is 94.7 cm³/mol. The molecule has 4 nitrogen and oxygen atoms in total. The standard InChI is InChI=1S/C20H20F7N3O/c21-13-4-3-12(7-14(13)22)16(20(25,26)27)29-15(9-19(23,24)8-11-1-2-11)17(31)30-18(10-28)5-6-18/h3-4,7,11,15-16,29H,1-2,5-6,8-9H2,(H,30,31). The third kappa shape index (κ3) is 6.09. The molecule has 0 aromatic heterocycles. The van der Waals surface area contributed by atoms with Crippen LogP contribution in [0.3, 0.4) is 0 Å². The number of amides is 1. The van der Waals surface area contributed by atoms with Gasteiger partial charge in [0.15, 0.2) is 11.6 Å². The molecule has 2 saturated carbocycles. The van der Waals surface area contributed by atoms with Gasteiger partial charge in [0.1, 0.15) is 11.6 Å². The van der Waals surface area contributed by atoms with Crippen LogP contribution in [-0.4, -0.2) is 29.6 Å². The molecule has 0 aliphatic heterocycles. The summed E-state index contributed by atoms with van der Waals surface area (Å²) < 4.78 is 96.6. The lowest BCUT2D eigenvalue weighted by molar-refractivity contribution is -0.163. The average molecular weight is 451 g/mol. The Labute approximate surface area is 173 Å². The lowest BCUT2D eigenvalue weighted by Crippen LogP contribution is -2.53. The van der Waals surface area contributed by atoms with E-state index >= 15 is 0 Å². The Balaban J connectivity index is 1.86. The van der Waals surface area contributed by atoms with Crippen molar-refractivity contribution in [2.45, 2.75) is 68.2 Å². The fourth-order valence-electron chi connectivity index (χ4n) is 3.34. The molecule has 2 fully saturated rings. The maximum atomic E-state index is 14.4. The van der Waals surface area contributed by atoms with Gasteiger partial charge in [-0.2, -0.15) is 18.4 Å². The highest BCUT2D eigenvalue weighted by atomic mass is 19.4. The monoisotopic (exact) mass is 451 g/mol. The predicted octanol–water partition coefficient (Wildman–Crippen LogP) is 4.52. The Morgan fingerprint density at radius 3 is 2.29 bits per heavy atom. The van der Waals surface area contributed by atoms with Gasteiger partial charge in [0.2, 0.25) is 11.8 Å². The van der Waals surface area contributed by atoms with Crippen molar-refractivity contribution in [3.8, 4) is 6.07 Å². The van der Waals surface area contributed by atoms with Crippen LogP contribution in [0, 0.1) is 28.9 Å². The van der Waals surface area contributed by atoms with Crippen molar-refractivity contribution in [2.24, 2.45) is 5.92 Å². The maximum Gasteiger partial charge on any atom is 0.407 e. The van der Waals surface area contributed by atoms with Crippen molar-refractivity contribution in [3.05, 3.63) is 35.4 Å². The number of carbonyl (C=O) groups is 1. The molecular formula is C20H20F7N3O. The van der Waals surface area contributed by atoms with Gasteiger partial charge in [0.05, 0.1) is 12.1 Å². The highest BCUT2D eigenvalue weighted by Gasteiger charge is 2.50. The van der Waals surface area contributed by atoms with Crippen LogP contribution < -0.4 is 10.6 Å². The molecule has 31 heavy (non-hydrogen) atoms. The van der Waals surface area contributed by atoms with Gasteiger partial charge in [-0.05, 0) is 49.3 Å². The molecule has 1 amide bonds. The molecule has 0 spiro atoms. The molecule has 0 saturated heterocycles. The number of benzene rings is 1. The molecule has 2 N–H and O–H groups in total. The Kier molecular flexibility index (Phi) is 6.24. The molecule has 170 valence electrons. The van der Waals surface area contributed by atoms with E-state index in [9.17, 15) is 35.5 Å². The van der Waals surface area contributed by atoms with E-state index in [0.717, 1.165) is 0 Å². The molecular weight excluding hydrogens is 431 g/mol. The molecule has 2 unspecified atom stereocenters. The molecule has 0 heterocycles. The van der Waals surface area contributed by atoms with Crippen LogP contribution in [0.15, 0.2) is 18.2 Å². The van der Waals surface area contributed by atoms with Crippen molar-refractivity contribution >= 4 is 5.91 Å². The average Bonchev–Trinajstić information content (AvgIpc) is 3.58. The quantitative estimate of drug-likeness (QED) is 0.543. The summed E-state index contributed by atoms with van der Waals surface area (Å²) in [5, 5.41) is 13.2. The maximum absolute atomic E-state index is 14.4. The van der Waals surface area contributed by atoms with E-state index in [1.54, 1.807) is 0 Å². The second kappa shape index (κ2) is 8.30. The molecule has 2 atom stereocenters.